The summed E-state index contributed by atoms with van der Waals surface area (Å²) in [5.41, 5.74) is 0.831. The second-order valence-electron chi connectivity index (χ2n) is 2.83. The molecule has 0 fully saturated rings. The quantitative estimate of drug-likeness (QED) is 0.854. The van der Waals surface area contributed by atoms with Gasteiger partial charge in [-0.05, 0) is 40.2 Å². The number of aromatic nitrogens is 3. The number of rotatable bonds is 2. The van der Waals surface area contributed by atoms with Crippen molar-refractivity contribution in [3.05, 3.63) is 32.6 Å². The van der Waals surface area contributed by atoms with Crippen molar-refractivity contribution in [1.29, 1.82) is 0 Å². The van der Waals surface area contributed by atoms with Gasteiger partial charge in [0, 0.05) is 18.8 Å². The molecule has 0 aliphatic heterocycles. The van der Waals surface area contributed by atoms with Gasteiger partial charge in [0.25, 0.3) is 0 Å². The Morgan fingerprint density at radius 3 is 2.93 bits per heavy atom. The van der Waals surface area contributed by atoms with Gasteiger partial charge in [0.1, 0.15) is 9.80 Å². The number of halogens is 1. The third-order valence-corrected chi connectivity index (χ3v) is 4.03. The maximum absolute atomic E-state index is 9.99. The third-order valence-electron chi connectivity index (χ3n) is 1.91. The molecule has 0 spiro atoms. The molecule has 2 aromatic rings. The minimum Gasteiger partial charge on any atom is -0.383 e. The summed E-state index contributed by atoms with van der Waals surface area (Å²) in [7, 11) is 1.85. The summed E-state index contributed by atoms with van der Waals surface area (Å²) in [6.07, 6.45) is 2.77. The summed E-state index contributed by atoms with van der Waals surface area (Å²) in [6.45, 7) is 0. The first-order valence-electron chi connectivity index (χ1n) is 3.96. The highest BCUT2D eigenvalue weighted by molar-refractivity contribution is 14.1. The molecule has 2 heterocycles. The van der Waals surface area contributed by atoms with Crippen molar-refractivity contribution in [2.45, 2.75) is 6.10 Å². The fraction of sp³-hybridized carbons (Fsp3) is 0.250. The average Bonchev–Trinajstić information content (AvgIpc) is 2.77. The van der Waals surface area contributed by atoms with E-state index < -0.39 is 6.10 Å². The Balaban J connectivity index is 2.36. The van der Waals surface area contributed by atoms with Gasteiger partial charge in [-0.2, -0.15) is 5.10 Å². The molecule has 0 aliphatic rings. The zero-order valence-corrected chi connectivity index (χ0v) is 10.4. The molecule has 74 valence electrons. The lowest BCUT2D eigenvalue weighted by Gasteiger charge is -2.05. The molecule has 0 radical (unpaired) electrons. The van der Waals surface area contributed by atoms with Gasteiger partial charge in [-0.3, -0.25) is 4.68 Å². The molecule has 2 aromatic heterocycles. The molecule has 0 amide bonds. The molecule has 1 unspecified atom stereocenters. The molecule has 1 N–H and O–H groups in total. The predicted octanol–water partition coefficient (Wildman–Crippen LogP) is 1.56. The first-order valence-corrected chi connectivity index (χ1v) is 5.81. The van der Waals surface area contributed by atoms with Gasteiger partial charge in [0.05, 0.1) is 11.1 Å². The second-order valence-corrected chi connectivity index (χ2v) is 4.72. The van der Waals surface area contributed by atoms with Crippen LogP contribution >= 0.6 is 34.1 Å². The number of hydrogen-bond acceptors (Lipinski definition) is 4. The van der Waals surface area contributed by atoms with Crippen LogP contribution in [0.3, 0.4) is 0 Å². The van der Waals surface area contributed by atoms with E-state index in [0.29, 0.717) is 0 Å². The lowest BCUT2D eigenvalue weighted by Crippen LogP contribution is -2.00. The summed E-state index contributed by atoms with van der Waals surface area (Å²) in [5.74, 6) is 0. The first-order chi connectivity index (χ1) is 6.70. The van der Waals surface area contributed by atoms with Crippen LogP contribution in [0.1, 0.15) is 16.5 Å². The van der Waals surface area contributed by atoms with Crippen molar-refractivity contribution >= 4 is 34.1 Å². The van der Waals surface area contributed by atoms with Gasteiger partial charge in [-0.1, -0.05) is 0 Å². The molecule has 0 bridgehead atoms. The Bertz CT molecular complexity index is 426. The molecule has 4 nitrogen and oxygen atoms in total. The van der Waals surface area contributed by atoms with E-state index in [0.717, 1.165) is 14.1 Å². The SMILES string of the molecule is Cn1ncc(C(O)c2ccns2)c1I. The third kappa shape index (κ3) is 1.69. The molecule has 6 heteroatoms. The monoisotopic (exact) mass is 321 g/mol. The molecule has 0 aromatic carbocycles. The number of nitrogens with zero attached hydrogens (tertiary/aromatic N) is 3. The topological polar surface area (TPSA) is 50.9 Å². The number of hydrogen-bond donors (Lipinski definition) is 1. The highest BCUT2D eigenvalue weighted by atomic mass is 127. The van der Waals surface area contributed by atoms with Crippen molar-refractivity contribution in [1.82, 2.24) is 14.2 Å². The number of aliphatic hydroxyl groups is 1. The molecular formula is C8H8IN3OS. The fourth-order valence-corrected chi connectivity index (χ4v) is 2.29. The Morgan fingerprint density at radius 2 is 2.43 bits per heavy atom. The largest absolute Gasteiger partial charge is 0.383 e. The van der Waals surface area contributed by atoms with Crippen LogP contribution < -0.4 is 0 Å². The molecule has 0 saturated heterocycles. The van der Waals surface area contributed by atoms with Crippen molar-refractivity contribution in [2.75, 3.05) is 0 Å². The van der Waals surface area contributed by atoms with Crippen molar-refractivity contribution in [2.24, 2.45) is 7.05 Å². The van der Waals surface area contributed by atoms with Crippen LogP contribution in [-0.2, 0) is 7.05 Å². The molecule has 0 saturated carbocycles. The van der Waals surface area contributed by atoms with Crippen LogP contribution in [0.2, 0.25) is 0 Å². The summed E-state index contributed by atoms with van der Waals surface area (Å²) in [5, 5.41) is 14.1. The highest BCUT2D eigenvalue weighted by Gasteiger charge is 2.17. The molecule has 0 aliphatic carbocycles. The van der Waals surface area contributed by atoms with E-state index in [9.17, 15) is 5.11 Å². The zero-order valence-electron chi connectivity index (χ0n) is 7.38. The lowest BCUT2D eigenvalue weighted by atomic mass is 10.2. The van der Waals surface area contributed by atoms with Gasteiger partial charge in [0.15, 0.2) is 0 Å². The Kier molecular flexibility index (Phi) is 2.84. The van der Waals surface area contributed by atoms with Gasteiger partial charge in [-0.15, -0.1) is 0 Å². The van der Waals surface area contributed by atoms with E-state index >= 15 is 0 Å². The van der Waals surface area contributed by atoms with E-state index in [1.807, 2.05) is 13.1 Å². The van der Waals surface area contributed by atoms with Crippen LogP contribution in [-0.4, -0.2) is 19.3 Å². The summed E-state index contributed by atoms with van der Waals surface area (Å²) < 4.78 is 6.64. The Morgan fingerprint density at radius 1 is 1.64 bits per heavy atom. The van der Waals surface area contributed by atoms with E-state index in [-0.39, 0.29) is 0 Å². The summed E-state index contributed by atoms with van der Waals surface area (Å²) in [6, 6.07) is 1.82. The van der Waals surface area contributed by atoms with Gasteiger partial charge < -0.3 is 5.11 Å². The minimum absolute atomic E-state index is 0.608. The van der Waals surface area contributed by atoms with Gasteiger partial charge in [0.2, 0.25) is 0 Å². The van der Waals surface area contributed by atoms with Crippen LogP contribution in [0.5, 0.6) is 0 Å². The smallest absolute Gasteiger partial charge is 0.119 e. The van der Waals surface area contributed by atoms with Crippen LogP contribution in [0.25, 0.3) is 0 Å². The Labute approximate surface area is 98.9 Å². The number of aliphatic hydroxyl groups excluding tert-OH is 1. The van der Waals surface area contributed by atoms with Crippen molar-refractivity contribution in [3.63, 3.8) is 0 Å². The highest BCUT2D eigenvalue weighted by Crippen LogP contribution is 2.27. The maximum Gasteiger partial charge on any atom is 0.119 e. The standard InChI is InChI=1S/C8H8IN3OS/c1-12-8(9)5(4-10-12)7(13)6-2-3-11-14-6/h2-4,7,13H,1H3. The Hall–Kier alpha value is -0.470. The van der Waals surface area contributed by atoms with E-state index in [1.165, 1.54) is 11.5 Å². The molecule has 1 atom stereocenters. The predicted molar refractivity (Wildman–Crippen MR) is 62.1 cm³/mol. The molecule has 14 heavy (non-hydrogen) atoms. The number of aryl methyl sites for hydroxylation is 1. The maximum atomic E-state index is 9.99. The van der Waals surface area contributed by atoms with Gasteiger partial charge >= 0.3 is 0 Å². The van der Waals surface area contributed by atoms with Crippen molar-refractivity contribution in [3.8, 4) is 0 Å². The van der Waals surface area contributed by atoms with Gasteiger partial charge in [-0.25, -0.2) is 4.37 Å². The van der Waals surface area contributed by atoms with Crippen LogP contribution in [0.15, 0.2) is 18.5 Å². The van der Waals surface area contributed by atoms with E-state index in [2.05, 4.69) is 32.1 Å². The summed E-state index contributed by atoms with van der Waals surface area (Å²) in [4.78, 5) is 0.843. The van der Waals surface area contributed by atoms with Crippen LogP contribution in [0.4, 0.5) is 0 Å². The van der Waals surface area contributed by atoms with Crippen molar-refractivity contribution < 1.29 is 5.11 Å². The van der Waals surface area contributed by atoms with E-state index in [4.69, 9.17) is 0 Å². The normalized spacial score (nSPS) is 13.1. The summed E-state index contributed by atoms with van der Waals surface area (Å²) >= 11 is 3.47. The minimum atomic E-state index is -0.608. The lowest BCUT2D eigenvalue weighted by molar-refractivity contribution is 0.223. The molecular weight excluding hydrogens is 313 g/mol. The second kappa shape index (κ2) is 3.95. The van der Waals surface area contributed by atoms with E-state index in [1.54, 1.807) is 17.1 Å². The average molecular weight is 321 g/mol. The zero-order chi connectivity index (χ0) is 10.1. The fourth-order valence-electron chi connectivity index (χ4n) is 1.14. The first kappa shape index (κ1) is 10.1. The molecule has 2 rings (SSSR count). The van der Waals surface area contributed by atoms with Crippen LogP contribution in [0, 0.1) is 3.70 Å².